The van der Waals surface area contributed by atoms with Gasteiger partial charge in [-0.25, -0.2) is 4.39 Å². The van der Waals surface area contributed by atoms with Crippen LogP contribution in [0.1, 0.15) is 13.3 Å². The van der Waals surface area contributed by atoms with Crippen molar-refractivity contribution in [2.75, 3.05) is 25.0 Å². The predicted octanol–water partition coefficient (Wildman–Crippen LogP) is 3.24. The minimum absolute atomic E-state index is 0.0981. The predicted molar refractivity (Wildman–Crippen MR) is 93.8 cm³/mol. The summed E-state index contributed by atoms with van der Waals surface area (Å²) >= 11 is 0. The number of ether oxygens (including phenoxy) is 1. The van der Waals surface area contributed by atoms with Gasteiger partial charge in [-0.3, -0.25) is 4.79 Å². The summed E-state index contributed by atoms with van der Waals surface area (Å²) in [5.74, 6) is -0.601. The second kappa shape index (κ2) is 8.91. The third-order valence-corrected chi connectivity index (χ3v) is 3.71. The van der Waals surface area contributed by atoms with Gasteiger partial charge in [0.05, 0.1) is 0 Å². The number of carbonyl (C=O) groups is 1. The van der Waals surface area contributed by atoms with E-state index < -0.39 is 11.9 Å². The van der Waals surface area contributed by atoms with Gasteiger partial charge in [-0.1, -0.05) is 37.3 Å². The topological polar surface area (TPSA) is 41.6 Å². The number of amides is 1. The van der Waals surface area contributed by atoms with Crippen LogP contribution in [-0.2, 0) is 4.79 Å². The number of hydrogen-bond donors (Lipinski definition) is 1. The molecule has 0 heterocycles. The molecule has 0 aliphatic heterocycles. The number of likely N-dealkylation sites (N-methyl/N-ethyl adjacent to an activating group) is 1. The first-order valence-electron chi connectivity index (χ1n) is 8.07. The van der Waals surface area contributed by atoms with Crippen molar-refractivity contribution in [3.63, 3.8) is 0 Å². The Bertz CT molecular complexity index is 649. The van der Waals surface area contributed by atoms with Crippen LogP contribution in [0, 0.1) is 5.82 Å². The highest BCUT2D eigenvalue weighted by atomic mass is 19.1. The fourth-order valence-corrected chi connectivity index (χ4v) is 2.29. The number of para-hydroxylation sites is 2. The molecule has 1 N–H and O–H groups in total. The van der Waals surface area contributed by atoms with Crippen LogP contribution in [0.15, 0.2) is 54.6 Å². The van der Waals surface area contributed by atoms with Gasteiger partial charge in [-0.05, 0) is 30.7 Å². The van der Waals surface area contributed by atoms with Crippen molar-refractivity contribution in [1.82, 2.24) is 5.32 Å². The Morgan fingerprint density at radius 2 is 1.83 bits per heavy atom. The second-order valence-corrected chi connectivity index (χ2v) is 5.49. The zero-order chi connectivity index (χ0) is 17.4. The van der Waals surface area contributed by atoms with Crippen LogP contribution < -0.4 is 15.0 Å². The average Bonchev–Trinajstić information content (AvgIpc) is 2.61. The molecule has 0 bridgehead atoms. The quantitative estimate of drug-likeness (QED) is 0.808. The molecule has 0 aromatic heterocycles. The number of nitrogens with one attached hydrogen (secondary N) is 1. The van der Waals surface area contributed by atoms with Gasteiger partial charge in [0.25, 0.3) is 5.91 Å². The first-order valence-corrected chi connectivity index (χ1v) is 8.07. The number of rotatable bonds is 8. The number of halogens is 1. The van der Waals surface area contributed by atoms with Crippen molar-refractivity contribution in [3.8, 4) is 5.75 Å². The Hall–Kier alpha value is -2.56. The van der Waals surface area contributed by atoms with Crippen molar-refractivity contribution in [2.45, 2.75) is 19.4 Å². The molecular formula is C19H23FN2O2. The van der Waals surface area contributed by atoms with Gasteiger partial charge in [0.2, 0.25) is 0 Å². The van der Waals surface area contributed by atoms with E-state index in [4.69, 9.17) is 4.74 Å². The molecule has 0 aliphatic carbocycles. The SMILES string of the molecule is CC[C@H](Oc1ccccc1F)C(=O)NCCN(C)c1ccccc1. The van der Waals surface area contributed by atoms with E-state index >= 15 is 0 Å². The fraction of sp³-hybridized carbons (Fsp3) is 0.316. The lowest BCUT2D eigenvalue weighted by molar-refractivity contribution is -0.128. The van der Waals surface area contributed by atoms with E-state index in [1.165, 1.54) is 12.1 Å². The second-order valence-electron chi connectivity index (χ2n) is 5.49. The van der Waals surface area contributed by atoms with Crippen LogP contribution >= 0.6 is 0 Å². The maximum Gasteiger partial charge on any atom is 0.261 e. The van der Waals surface area contributed by atoms with Gasteiger partial charge in [0.1, 0.15) is 0 Å². The van der Waals surface area contributed by atoms with E-state index in [0.29, 0.717) is 19.5 Å². The molecule has 5 heteroatoms. The molecule has 0 fully saturated rings. The van der Waals surface area contributed by atoms with Crippen LogP contribution in [0.4, 0.5) is 10.1 Å². The summed E-state index contributed by atoms with van der Waals surface area (Å²) in [6.07, 6.45) is -0.238. The molecule has 2 rings (SSSR count). The number of anilines is 1. The number of benzene rings is 2. The maximum absolute atomic E-state index is 13.6. The third kappa shape index (κ3) is 4.98. The summed E-state index contributed by atoms with van der Waals surface area (Å²) in [7, 11) is 1.97. The average molecular weight is 330 g/mol. The number of nitrogens with zero attached hydrogens (tertiary/aromatic N) is 1. The molecule has 0 saturated carbocycles. The first-order chi connectivity index (χ1) is 11.6. The van der Waals surface area contributed by atoms with Gasteiger partial charge >= 0.3 is 0 Å². The van der Waals surface area contributed by atoms with Gasteiger partial charge in [-0.2, -0.15) is 0 Å². The lowest BCUT2D eigenvalue weighted by atomic mass is 10.2. The standard InChI is InChI=1S/C19H23FN2O2/c1-3-17(24-18-12-8-7-11-16(18)20)19(23)21-13-14-22(2)15-9-5-4-6-10-15/h4-12,17H,3,13-14H2,1-2H3,(H,21,23)/t17-/m0/s1. The van der Waals surface area contributed by atoms with E-state index in [1.807, 2.05) is 44.3 Å². The highest BCUT2D eigenvalue weighted by molar-refractivity contribution is 5.81. The number of carbonyl (C=O) groups excluding carboxylic acids is 1. The molecule has 1 amide bonds. The molecule has 0 unspecified atom stereocenters. The minimum atomic E-state index is -0.705. The maximum atomic E-state index is 13.6. The monoisotopic (exact) mass is 330 g/mol. The lowest BCUT2D eigenvalue weighted by Gasteiger charge is -2.21. The zero-order valence-electron chi connectivity index (χ0n) is 14.0. The smallest absolute Gasteiger partial charge is 0.261 e. The fourth-order valence-electron chi connectivity index (χ4n) is 2.29. The van der Waals surface area contributed by atoms with Crippen LogP contribution in [0.3, 0.4) is 0 Å². The first kappa shape index (κ1) is 17.8. The van der Waals surface area contributed by atoms with Crippen molar-refractivity contribution in [1.29, 1.82) is 0 Å². The number of hydrogen-bond acceptors (Lipinski definition) is 3. The van der Waals surface area contributed by atoms with Crippen molar-refractivity contribution in [3.05, 3.63) is 60.4 Å². The van der Waals surface area contributed by atoms with E-state index in [-0.39, 0.29) is 11.7 Å². The Labute approximate surface area is 142 Å². The Kier molecular flexibility index (Phi) is 6.61. The van der Waals surface area contributed by atoms with Gasteiger partial charge in [0.15, 0.2) is 17.7 Å². The van der Waals surface area contributed by atoms with E-state index in [2.05, 4.69) is 10.2 Å². The highest BCUT2D eigenvalue weighted by Gasteiger charge is 2.19. The largest absolute Gasteiger partial charge is 0.478 e. The summed E-state index contributed by atoms with van der Waals surface area (Å²) in [5.41, 5.74) is 1.08. The van der Waals surface area contributed by atoms with Crippen molar-refractivity contribution >= 4 is 11.6 Å². The normalized spacial score (nSPS) is 11.6. The lowest BCUT2D eigenvalue weighted by Crippen LogP contribution is -2.41. The third-order valence-electron chi connectivity index (χ3n) is 3.71. The van der Waals surface area contributed by atoms with Crippen LogP contribution in [0.25, 0.3) is 0 Å². The molecule has 2 aromatic carbocycles. The van der Waals surface area contributed by atoms with Gasteiger partial charge in [0, 0.05) is 25.8 Å². The van der Waals surface area contributed by atoms with Crippen LogP contribution in [0.5, 0.6) is 5.75 Å². The molecular weight excluding hydrogens is 307 g/mol. The Morgan fingerprint density at radius 1 is 1.17 bits per heavy atom. The molecule has 0 radical (unpaired) electrons. The molecule has 0 saturated heterocycles. The molecule has 0 spiro atoms. The molecule has 1 atom stereocenters. The molecule has 4 nitrogen and oxygen atoms in total. The minimum Gasteiger partial charge on any atom is -0.478 e. The van der Waals surface area contributed by atoms with Crippen molar-refractivity contribution < 1.29 is 13.9 Å². The Balaban J connectivity index is 1.83. The molecule has 24 heavy (non-hydrogen) atoms. The summed E-state index contributed by atoms with van der Waals surface area (Å²) in [6, 6.07) is 16.0. The summed E-state index contributed by atoms with van der Waals surface area (Å²) in [4.78, 5) is 14.3. The molecule has 128 valence electrons. The van der Waals surface area contributed by atoms with E-state index in [9.17, 15) is 9.18 Å². The van der Waals surface area contributed by atoms with Gasteiger partial charge in [-0.15, -0.1) is 0 Å². The van der Waals surface area contributed by atoms with E-state index in [0.717, 1.165) is 5.69 Å². The Morgan fingerprint density at radius 3 is 2.50 bits per heavy atom. The summed E-state index contributed by atoms with van der Waals surface area (Å²) < 4.78 is 19.1. The van der Waals surface area contributed by atoms with Crippen LogP contribution in [0.2, 0.25) is 0 Å². The molecule has 0 aliphatic rings. The van der Waals surface area contributed by atoms with Gasteiger partial charge < -0.3 is 15.0 Å². The molecule has 2 aromatic rings. The van der Waals surface area contributed by atoms with Crippen LogP contribution in [-0.4, -0.2) is 32.1 Å². The summed E-state index contributed by atoms with van der Waals surface area (Å²) in [6.45, 7) is 2.99. The highest BCUT2D eigenvalue weighted by Crippen LogP contribution is 2.18. The van der Waals surface area contributed by atoms with E-state index in [1.54, 1.807) is 12.1 Å². The zero-order valence-corrected chi connectivity index (χ0v) is 14.0. The summed E-state index contributed by atoms with van der Waals surface area (Å²) in [5, 5.41) is 2.85. The van der Waals surface area contributed by atoms with Crippen molar-refractivity contribution in [2.24, 2.45) is 0 Å².